The Labute approximate surface area is 95.1 Å². The van der Waals surface area contributed by atoms with Crippen LogP contribution in [0.2, 0.25) is 0 Å². The van der Waals surface area contributed by atoms with Gasteiger partial charge in [0.2, 0.25) is 5.91 Å². The monoisotopic (exact) mass is 226 g/mol. The molecule has 0 unspecified atom stereocenters. The Morgan fingerprint density at radius 3 is 2.53 bits per heavy atom. The van der Waals surface area contributed by atoms with Gasteiger partial charge in [0.1, 0.15) is 5.00 Å². The van der Waals surface area contributed by atoms with Crippen molar-refractivity contribution in [3.63, 3.8) is 0 Å². The summed E-state index contributed by atoms with van der Waals surface area (Å²) in [7, 11) is 3.62. The first-order valence-corrected chi connectivity index (χ1v) is 5.79. The van der Waals surface area contributed by atoms with Crippen molar-refractivity contribution in [1.29, 1.82) is 0 Å². The molecule has 0 saturated carbocycles. The van der Waals surface area contributed by atoms with Gasteiger partial charge in [0.25, 0.3) is 0 Å². The third-order valence-corrected chi connectivity index (χ3v) is 3.70. The third kappa shape index (κ3) is 2.38. The Morgan fingerprint density at radius 2 is 2.13 bits per heavy atom. The summed E-state index contributed by atoms with van der Waals surface area (Å²) in [4.78, 5) is 13.8. The number of rotatable bonds is 3. The van der Waals surface area contributed by atoms with Crippen LogP contribution in [-0.2, 0) is 4.79 Å². The number of carbonyl (C=O) groups is 1. The lowest BCUT2D eigenvalue weighted by Gasteiger charge is -2.28. The number of carbonyl (C=O) groups excluding carboxylic acids is 1. The molecule has 0 saturated heterocycles. The van der Waals surface area contributed by atoms with Gasteiger partial charge in [-0.25, -0.2) is 0 Å². The second kappa shape index (κ2) is 4.33. The summed E-state index contributed by atoms with van der Waals surface area (Å²) >= 11 is 1.59. The first kappa shape index (κ1) is 12.2. The summed E-state index contributed by atoms with van der Waals surface area (Å²) in [6.45, 7) is 5.78. The maximum atomic E-state index is 12.1. The molecule has 0 spiro atoms. The van der Waals surface area contributed by atoms with E-state index in [2.05, 4.69) is 5.32 Å². The van der Waals surface area contributed by atoms with Crippen molar-refractivity contribution in [2.75, 3.05) is 19.0 Å². The predicted molar refractivity (Wildman–Crippen MR) is 65.6 cm³/mol. The molecule has 0 atom stereocenters. The minimum absolute atomic E-state index is 0.0792. The van der Waals surface area contributed by atoms with E-state index in [1.165, 1.54) is 0 Å². The molecule has 0 aliphatic carbocycles. The smallest absolute Gasteiger partial charge is 0.247 e. The van der Waals surface area contributed by atoms with Crippen LogP contribution in [0, 0.1) is 6.92 Å². The summed E-state index contributed by atoms with van der Waals surface area (Å²) < 4.78 is 0. The topological polar surface area (TPSA) is 32.3 Å². The molecule has 0 fully saturated rings. The quantitative estimate of drug-likeness (QED) is 0.855. The largest absolute Gasteiger partial charge is 0.307 e. The Morgan fingerprint density at radius 1 is 1.53 bits per heavy atom. The molecule has 0 aromatic carbocycles. The van der Waals surface area contributed by atoms with E-state index in [1.807, 2.05) is 39.3 Å². The maximum Gasteiger partial charge on any atom is 0.247 e. The molecule has 0 aliphatic heterocycles. The highest BCUT2D eigenvalue weighted by Gasteiger charge is 2.29. The third-order valence-electron chi connectivity index (χ3n) is 2.60. The van der Waals surface area contributed by atoms with Crippen molar-refractivity contribution in [2.24, 2.45) is 0 Å². The average Bonchev–Trinajstić information content (AvgIpc) is 2.62. The number of nitrogens with zero attached hydrogens (tertiary/aromatic N) is 1. The van der Waals surface area contributed by atoms with Crippen molar-refractivity contribution in [2.45, 2.75) is 26.3 Å². The Kier molecular flexibility index (Phi) is 3.52. The summed E-state index contributed by atoms with van der Waals surface area (Å²) in [5, 5.41) is 6.03. The van der Waals surface area contributed by atoms with Crippen LogP contribution in [0.25, 0.3) is 0 Å². The number of likely N-dealkylation sites (N-methyl/N-ethyl adjacent to an activating group) is 2. The minimum atomic E-state index is -0.523. The molecule has 1 N–H and O–H groups in total. The Bertz CT molecular complexity index is 357. The Hall–Kier alpha value is -0.870. The molecule has 0 aliphatic rings. The maximum absolute atomic E-state index is 12.1. The fourth-order valence-electron chi connectivity index (χ4n) is 1.33. The van der Waals surface area contributed by atoms with Gasteiger partial charge in [0.15, 0.2) is 0 Å². The van der Waals surface area contributed by atoms with Gasteiger partial charge in [-0.15, -0.1) is 11.3 Å². The highest BCUT2D eigenvalue weighted by atomic mass is 32.1. The molecular weight excluding hydrogens is 208 g/mol. The molecule has 0 radical (unpaired) electrons. The van der Waals surface area contributed by atoms with Gasteiger partial charge < -0.3 is 10.2 Å². The molecule has 1 aromatic heterocycles. The van der Waals surface area contributed by atoms with Gasteiger partial charge in [0, 0.05) is 7.05 Å². The standard InChI is InChI=1S/C11H18N2OS/c1-8-6-7-15-9(8)13(5)10(14)11(2,3)12-4/h6-7,12H,1-5H3. The highest BCUT2D eigenvalue weighted by Crippen LogP contribution is 2.27. The molecule has 1 aromatic rings. The van der Waals surface area contributed by atoms with E-state index >= 15 is 0 Å². The van der Waals surface area contributed by atoms with Crippen LogP contribution in [0.3, 0.4) is 0 Å². The first-order valence-electron chi connectivity index (χ1n) is 4.91. The zero-order valence-corrected chi connectivity index (χ0v) is 10.7. The van der Waals surface area contributed by atoms with Crippen molar-refractivity contribution in [3.05, 3.63) is 17.0 Å². The average molecular weight is 226 g/mol. The zero-order valence-electron chi connectivity index (χ0n) is 9.92. The predicted octanol–water partition coefficient (Wildman–Crippen LogP) is 2.02. The van der Waals surface area contributed by atoms with Crippen LogP contribution in [-0.4, -0.2) is 25.5 Å². The first-order chi connectivity index (χ1) is 6.90. The fraction of sp³-hybridized carbons (Fsp3) is 0.545. The second-order valence-corrected chi connectivity index (χ2v) is 5.04. The Balaban J connectivity index is 2.91. The van der Waals surface area contributed by atoms with Crippen LogP contribution in [0.15, 0.2) is 11.4 Å². The van der Waals surface area contributed by atoms with Gasteiger partial charge >= 0.3 is 0 Å². The van der Waals surface area contributed by atoms with E-state index in [-0.39, 0.29) is 5.91 Å². The van der Waals surface area contributed by atoms with Crippen molar-refractivity contribution in [3.8, 4) is 0 Å². The number of thiophene rings is 1. The van der Waals surface area contributed by atoms with Crippen molar-refractivity contribution < 1.29 is 4.79 Å². The van der Waals surface area contributed by atoms with Crippen LogP contribution < -0.4 is 10.2 Å². The molecule has 1 rings (SSSR count). The van der Waals surface area contributed by atoms with E-state index in [4.69, 9.17) is 0 Å². The lowest BCUT2D eigenvalue weighted by molar-refractivity contribution is -0.123. The van der Waals surface area contributed by atoms with Crippen molar-refractivity contribution in [1.82, 2.24) is 5.32 Å². The number of aryl methyl sites for hydroxylation is 1. The van der Waals surface area contributed by atoms with E-state index < -0.39 is 5.54 Å². The molecular formula is C11H18N2OS. The van der Waals surface area contributed by atoms with Crippen LogP contribution >= 0.6 is 11.3 Å². The number of hydrogen-bond donors (Lipinski definition) is 1. The van der Waals surface area contributed by atoms with E-state index in [0.29, 0.717) is 0 Å². The number of anilines is 1. The highest BCUT2D eigenvalue weighted by molar-refractivity contribution is 7.14. The van der Waals surface area contributed by atoms with E-state index in [9.17, 15) is 4.79 Å². The second-order valence-electron chi connectivity index (χ2n) is 4.15. The van der Waals surface area contributed by atoms with E-state index in [1.54, 1.807) is 23.3 Å². The van der Waals surface area contributed by atoms with Crippen LogP contribution in [0.1, 0.15) is 19.4 Å². The molecule has 1 amide bonds. The van der Waals surface area contributed by atoms with Crippen LogP contribution in [0.4, 0.5) is 5.00 Å². The number of nitrogens with one attached hydrogen (secondary N) is 1. The van der Waals surface area contributed by atoms with Crippen molar-refractivity contribution >= 4 is 22.2 Å². The molecule has 0 bridgehead atoms. The van der Waals surface area contributed by atoms with Gasteiger partial charge in [-0.1, -0.05) is 0 Å². The lowest BCUT2D eigenvalue weighted by Crippen LogP contribution is -2.51. The van der Waals surface area contributed by atoms with Gasteiger partial charge in [-0.05, 0) is 44.8 Å². The summed E-state index contributed by atoms with van der Waals surface area (Å²) in [5.74, 6) is 0.0792. The number of hydrogen-bond acceptors (Lipinski definition) is 3. The SMILES string of the molecule is CNC(C)(C)C(=O)N(C)c1sccc1C. The summed E-state index contributed by atoms with van der Waals surface area (Å²) in [5.41, 5.74) is 0.619. The molecule has 15 heavy (non-hydrogen) atoms. The van der Waals surface area contributed by atoms with Gasteiger partial charge in [-0.2, -0.15) is 0 Å². The zero-order chi connectivity index (χ0) is 11.6. The van der Waals surface area contributed by atoms with Crippen LogP contribution in [0.5, 0.6) is 0 Å². The molecule has 1 heterocycles. The molecule has 3 nitrogen and oxygen atoms in total. The summed E-state index contributed by atoms with van der Waals surface area (Å²) in [6.07, 6.45) is 0. The lowest BCUT2D eigenvalue weighted by atomic mass is 10.0. The van der Waals surface area contributed by atoms with E-state index in [0.717, 1.165) is 10.6 Å². The summed E-state index contributed by atoms with van der Waals surface area (Å²) in [6, 6.07) is 2.02. The molecule has 4 heteroatoms. The minimum Gasteiger partial charge on any atom is -0.307 e. The van der Waals surface area contributed by atoms with Gasteiger partial charge in [0.05, 0.1) is 5.54 Å². The van der Waals surface area contributed by atoms with Gasteiger partial charge in [-0.3, -0.25) is 4.79 Å². The fourth-order valence-corrected chi connectivity index (χ4v) is 2.22. The molecule has 84 valence electrons. The number of amides is 1. The normalized spacial score (nSPS) is 11.5.